The molecule has 4 aromatic heterocycles. The quantitative estimate of drug-likeness (QED) is 0.105. The maximum atomic E-state index is 13.5. The van der Waals surface area contributed by atoms with Crippen LogP contribution in [0.5, 0.6) is 0 Å². The molecule has 2 amide bonds. The van der Waals surface area contributed by atoms with Crippen molar-refractivity contribution < 1.29 is 19.2 Å². The molecule has 0 saturated carbocycles. The van der Waals surface area contributed by atoms with Gasteiger partial charge in [-0.05, 0) is 118 Å². The summed E-state index contributed by atoms with van der Waals surface area (Å²) < 4.78 is 9.17. The fraction of sp³-hybridized carbons (Fsp3) is 0.438. The fourth-order valence-electron chi connectivity index (χ4n) is 11.2. The minimum atomic E-state index is -0.990. The molecule has 3 aliphatic heterocycles. The Morgan fingerprint density at radius 3 is 2.56 bits per heavy atom. The highest BCUT2D eigenvalue weighted by molar-refractivity contribution is 6.02. The van der Waals surface area contributed by atoms with Crippen LogP contribution in [-0.2, 0) is 41.0 Å². The van der Waals surface area contributed by atoms with Crippen molar-refractivity contribution in [1.29, 1.82) is 0 Å². The van der Waals surface area contributed by atoms with E-state index < -0.39 is 11.5 Å². The summed E-state index contributed by atoms with van der Waals surface area (Å²) in [6.45, 7) is 11.4. The third kappa shape index (κ3) is 6.83. The van der Waals surface area contributed by atoms with Crippen molar-refractivity contribution in [3.63, 3.8) is 0 Å². The van der Waals surface area contributed by atoms with Crippen molar-refractivity contribution in [3.05, 3.63) is 106 Å². The van der Waals surface area contributed by atoms with Crippen molar-refractivity contribution in [2.75, 3.05) is 42.9 Å². The lowest BCUT2D eigenvalue weighted by Gasteiger charge is -2.49. The molecule has 11 rings (SSSR count). The van der Waals surface area contributed by atoms with Gasteiger partial charge in [0.15, 0.2) is 17.0 Å². The van der Waals surface area contributed by atoms with Crippen molar-refractivity contribution >= 4 is 51.1 Å². The van der Waals surface area contributed by atoms with E-state index in [-0.39, 0.29) is 29.3 Å². The van der Waals surface area contributed by atoms with E-state index in [1.807, 2.05) is 31.2 Å². The van der Waals surface area contributed by atoms with Crippen LogP contribution in [-0.4, -0.2) is 84.0 Å². The SMILES string of the molecule is C=CCn1c(=O)c2cnc(Nc3ccc(N4CCC(CCN5CC6(Cc7ccc8c(C9CCC(=O)NC9=O)noc8c7C6)C5)CC4)cc3)nc2n1-c1ccc2c(n1)[C@](O)(CC)CC2. The number of hydrogen-bond donors (Lipinski definition) is 3. The Balaban J connectivity index is 0.690. The van der Waals surface area contributed by atoms with Crippen LogP contribution in [0.1, 0.15) is 85.9 Å². The highest BCUT2D eigenvalue weighted by Crippen LogP contribution is 2.47. The zero-order valence-electron chi connectivity index (χ0n) is 35.6. The first-order valence-corrected chi connectivity index (χ1v) is 22.5. The number of aliphatic hydroxyl groups is 1. The second-order valence-electron chi connectivity index (χ2n) is 18.6. The summed E-state index contributed by atoms with van der Waals surface area (Å²) in [7, 11) is 0. The second-order valence-corrected chi connectivity index (χ2v) is 18.6. The molecule has 3 fully saturated rings. The van der Waals surface area contributed by atoms with Crippen molar-refractivity contribution in [2.45, 2.75) is 89.2 Å². The van der Waals surface area contributed by atoms with E-state index >= 15 is 0 Å². The van der Waals surface area contributed by atoms with Gasteiger partial charge in [0.1, 0.15) is 16.7 Å². The first-order valence-electron chi connectivity index (χ1n) is 22.5. The van der Waals surface area contributed by atoms with Crippen LogP contribution >= 0.6 is 0 Å². The third-order valence-corrected chi connectivity index (χ3v) is 14.6. The van der Waals surface area contributed by atoms with Gasteiger partial charge >= 0.3 is 0 Å². The molecule has 2 aliphatic carbocycles. The Labute approximate surface area is 364 Å². The molecule has 63 heavy (non-hydrogen) atoms. The Kier molecular flexibility index (Phi) is 9.60. The molecule has 6 aromatic rings. The van der Waals surface area contributed by atoms with Gasteiger partial charge in [0, 0.05) is 66.5 Å². The minimum absolute atomic E-state index is 0.225. The Bertz CT molecular complexity index is 2870. The number of anilines is 3. The van der Waals surface area contributed by atoms with E-state index in [0.717, 1.165) is 74.2 Å². The second kappa shape index (κ2) is 15.3. The van der Waals surface area contributed by atoms with Gasteiger partial charge in [-0.2, -0.15) is 4.98 Å². The van der Waals surface area contributed by atoms with Gasteiger partial charge < -0.3 is 24.7 Å². The van der Waals surface area contributed by atoms with Gasteiger partial charge in [-0.15, -0.1) is 6.58 Å². The zero-order valence-corrected chi connectivity index (χ0v) is 35.6. The number of nitrogens with zero attached hydrogens (tertiary/aromatic N) is 8. The maximum absolute atomic E-state index is 13.5. The smallest absolute Gasteiger partial charge is 0.278 e. The Hall–Kier alpha value is -6.19. The van der Waals surface area contributed by atoms with Crippen LogP contribution in [0.15, 0.2) is 76.7 Å². The molecule has 2 atom stereocenters. The fourth-order valence-corrected chi connectivity index (χ4v) is 11.2. The molecule has 5 aliphatic rings. The van der Waals surface area contributed by atoms with E-state index in [2.05, 4.69) is 61.4 Å². The number of carbonyl (C=O) groups excluding carboxylic acids is 2. The largest absolute Gasteiger partial charge is 0.384 e. The van der Waals surface area contributed by atoms with E-state index in [9.17, 15) is 19.5 Å². The Morgan fingerprint density at radius 1 is 0.968 bits per heavy atom. The Morgan fingerprint density at radius 2 is 1.78 bits per heavy atom. The number of piperidine rings is 2. The molecule has 1 spiro atoms. The van der Waals surface area contributed by atoms with Crippen LogP contribution in [0.4, 0.5) is 17.3 Å². The van der Waals surface area contributed by atoms with E-state index in [1.165, 1.54) is 36.1 Å². The molecule has 15 heteroatoms. The number of amides is 2. The number of aryl methyl sites for hydroxylation is 1. The van der Waals surface area contributed by atoms with Crippen LogP contribution in [0.25, 0.3) is 27.8 Å². The highest BCUT2D eigenvalue weighted by Gasteiger charge is 2.48. The number of pyridine rings is 1. The molecule has 0 bridgehead atoms. The summed E-state index contributed by atoms with van der Waals surface area (Å²) >= 11 is 0. The topological polar surface area (TPSA) is 177 Å². The average molecular weight is 849 g/mol. The van der Waals surface area contributed by atoms with E-state index in [4.69, 9.17) is 14.5 Å². The lowest BCUT2D eigenvalue weighted by Crippen LogP contribution is -2.57. The number of nitrogens with one attached hydrogen (secondary N) is 2. The zero-order chi connectivity index (χ0) is 43.0. The molecular weight excluding hydrogens is 797 g/mol. The summed E-state index contributed by atoms with van der Waals surface area (Å²) in [6.07, 6.45) is 11.5. The van der Waals surface area contributed by atoms with Crippen LogP contribution < -0.4 is 21.1 Å². The van der Waals surface area contributed by atoms with Crippen LogP contribution in [0.2, 0.25) is 0 Å². The molecule has 7 heterocycles. The molecule has 15 nitrogen and oxygen atoms in total. The predicted molar refractivity (Wildman–Crippen MR) is 238 cm³/mol. The first-order chi connectivity index (χ1) is 30.6. The van der Waals surface area contributed by atoms with Crippen LogP contribution in [0.3, 0.4) is 0 Å². The molecule has 1 unspecified atom stereocenters. The van der Waals surface area contributed by atoms with Gasteiger partial charge in [0.05, 0.1) is 18.2 Å². The number of allylic oxidation sites excluding steroid dienone is 1. The summed E-state index contributed by atoms with van der Waals surface area (Å²) in [5.41, 5.74) is 7.20. The number of imide groups is 1. The molecule has 324 valence electrons. The van der Waals surface area contributed by atoms with E-state index in [0.29, 0.717) is 65.8 Å². The number of fused-ring (bicyclic) bond motifs is 5. The number of likely N-dealkylation sites (tertiary alicyclic amines) is 1. The molecular formula is C48H52N10O5. The summed E-state index contributed by atoms with van der Waals surface area (Å²) in [5, 5.41) is 22.7. The number of hydrogen-bond acceptors (Lipinski definition) is 12. The van der Waals surface area contributed by atoms with Gasteiger partial charge in [0.25, 0.3) is 5.56 Å². The van der Waals surface area contributed by atoms with E-state index in [1.54, 1.807) is 21.6 Å². The summed E-state index contributed by atoms with van der Waals surface area (Å²) in [5.74, 6) is 0.623. The number of benzene rings is 2. The number of aromatic nitrogens is 6. The normalized spacial score (nSPS) is 22.1. The van der Waals surface area contributed by atoms with Crippen molar-refractivity contribution in [2.24, 2.45) is 11.3 Å². The lowest BCUT2D eigenvalue weighted by atomic mass is 9.76. The van der Waals surface area contributed by atoms with Gasteiger partial charge in [0.2, 0.25) is 17.8 Å². The predicted octanol–water partition coefficient (Wildman–Crippen LogP) is 5.82. The summed E-state index contributed by atoms with van der Waals surface area (Å²) in [6, 6.07) is 16.5. The van der Waals surface area contributed by atoms with Gasteiger partial charge in [-0.25, -0.2) is 19.3 Å². The molecule has 2 aromatic carbocycles. The summed E-state index contributed by atoms with van der Waals surface area (Å²) in [4.78, 5) is 57.2. The first kappa shape index (κ1) is 39.6. The lowest BCUT2D eigenvalue weighted by molar-refractivity contribution is -0.134. The number of rotatable bonds is 11. The minimum Gasteiger partial charge on any atom is -0.384 e. The molecule has 0 radical (unpaired) electrons. The van der Waals surface area contributed by atoms with Crippen molar-refractivity contribution in [1.82, 2.24) is 39.7 Å². The van der Waals surface area contributed by atoms with Gasteiger partial charge in [-0.3, -0.25) is 19.7 Å². The van der Waals surface area contributed by atoms with Gasteiger partial charge in [-0.1, -0.05) is 30.3 Å². The monoisotopic (exact) mass is 848 g/mol. The standard InChI is InChI=1S/C48H52N10O5/c1-3-20-57-45(61)37-26-49-46(53-43(37)58(57)38-13-6-30-15-19-48(62,4-2)42(30)51-38)50-32-7-9-33(10-8-32)56-22-17-29(18-23-56)16-21-55-27-47(28-55)24-31-5-11-34-40(54-63-41(34)36(31)25-47)35-12-14-39(59)52-44(35)60/h3,5-11,13,26,29,35,62H,1,4,12,14-25,27-28H2,2H3,(H,49,50,53)(H,52,59,60)/t35?,48-/m0/s1. The molecule has 3 saturated heterocycles. The maximum Gasteiger partial charge on any atom is 0.278 e. The third-order valence-electron chi connectivity index (χ3n) is 14.6. The van der Waals surface area contributed by atoms with Crippen LogP contribution in [0, 0.1) is 11.3 Å². The molecule has 3 N–H and O–H groups in total. The van der Waals surface area contributed by atoms with Crippen molar-refractivity contribution in [3.8, 4) is 5.82 Å². The highest BCUT2D eigenvalue weighted by atomic mass is 16.5. The number of carbonyl (C=O) groups is 2. The average Bonchev–Trinajstić information content (AvgIpc) is 4.04.